The Kier molecular flexibility index (Phi) is 6.36. The fraction of sp³-hybridized carbons (Fsp3) is 0.381. The molecule has 1 fully saturated rings. The van der Waals surface area contributed by atoms with Crippen LogP contribution in [0.4, 0.5) is 0 Å². The molecule has 3 aromatic rings. The van der Waals surface area contributed by atoms with Gasteiger partial charge in [0.05, 0.1) is 18.4 Å². The van der Waals surface area contributed by atoms with Crippen LogP contribution in [0.25, 0.3) is 5.69 Å². The van der Waals surface area contributed by atoms with E-state index in [0.717, 1.165) is 41.6 Å². The molecule has 146 valence electrons. The fourth-order valence-electron chi connectivity index (χ4n) is 3.36. The maximum Gasteiger partial charge on any atom is 0.214 e. The highest BCUT2D eigenvalue weighted by atomic mass is 32.2. The predicted molar refractivity (Wildman–Crippen MR) is 108 cm³/mol. The number of aromatic nitrogens is 4. The average molecular weight is 397 g/mol. The van der Waals surface area contributed by atoms with Crippen molar-refractivity contribution in [1.82, 2.24) is 20.2 Å². The molecule has 2 aromatic carbocycles. The Hall–Kier alpha value is -2.22. The predicted octanol–water partition coefficient (Wildman–Crippen LogP) is 4.28. The molecule has 6 nitrogen and oxygen atoms in total. The lowest BCUT2D eigenvalue weighted by Crippen LogP contribution is -2.36. The van der Waals surface area contributed by atoms with Gasteiger partial charge in [-0.2, -0.15) is 4.68 Å². The average Bonchev–Trinajstić information content (AvgIpc) is 3.23. The largest absolute Gasteiger partial charge is 0.348 e. The van der Waals surface area contributed by atoms with Gasteiger partial charge in [-0.05, 0) is 35.4 Å². The Morgan fingerprint density at radius 2 is 1.82 bits per heavy atom. The zero-order valence-corrected chi connectivity index (χ0v) is 16.7. The number of para-hydroxylation sites is 1. The maximum absolute atomic E-state index is 6.32. The van der Waals surface area contributed by atoms with Crippen molar-refractivity contribution in [2.45, 2.75) is 37.3 Å². The number of hydrogen-bond acceptors (Lipinski definition) is 6. The molecule has 1 aliphatic rings. The number of thioether (sulfide) groups is 1. The van der Waals surface area contributed by atoms with Crippen molar-refractivity contribution in [3.8, 4) is 5.69 Å². The lowest BCUT2D eigenvalue weighted by molar-refractivity contribution is -0.241. The van der Waals surface area contributed by atoms with E-state index < -0.39 is 0 Å². The van der Waals surface area contributed by atoms with Crippen LogP contribution >= 0.6 is 11.8 Å². The molecule has 4 rings (SSSR count). The molecule has 0 N–H and O–H groups in total. The highest BCUT2D eigenvalue weighted by Gasteiger charge is 2.31. The number of rotatable bonds is 7. The molecule has 3 atom stereocenters. The van der Waals surface area contributed by atoms with Crippen LogP contribution in [0.3, 0.4) is 0 Å². The van der Waals surface area contributed by atoms with E-state index in [-0.39, 0.29) is 12.4 Å². The lowest BCUT2D eigenvalue weighted by atomic mass is 9.97. The highest BCUT2D eigenvalue weighted by molar-refractivity contribution is 7.99. The van der Waals surface area contributed by atoms with E-state index in [4.69, 9.17) is 9.47 Å². The number of ether oxygens (including phenoxy) is 2. The standard InChI is InChI=1S/C21H24N4O2S/c1-2-16-15-26-20(17-9-5-3-6-10-17)27-19(16)13-14-28-21-22-23-24-25(21)18-11-7-4-8-12-18/h3-12,16,19-20H,2,13-15H2,1H3/t16-,19+,20-/m1/s1. The second-order valence-electron chi connectivity index (χ2n) is 6.76. The molecule has 2 heterocycles. The zero-order chi connectivity index (χ0) is 19.2. The minimum atomic E-state index is -0.284. The summed E-state index contributed by atoms with van der Waals surface area (Å²) in [5.41, 5.74) is 2.04. The van der Waals surface area contributed by atoms with Crippen LogP contribution in [0, 0.1) is 5.92 Å². The Morgan fingerprint density at radius 3 is 2.57 bits per heavy atom. The third-order valence-corrected chi connectivity index (χ3v) is 5.91. The number of benzene rings is 2. The van der Waals surface area contributed by atoms with Gasteiger partial charge in [0, 0.05) is 17.2 Å². The summed E-state index contributed by atoms with van der Waals surface area (Å²) in [5.74, 6) is 1.29. The molecule has 0 amide bonds. The molecule has 0 bridgehead atoms. The van der Waals surface area contributed by atoms with Gasteiger partial charge in [0.15, 0.2) is 6.29 Å². The van der Waals surface area contributed by atoms with E-state index in [2.05, 4.69) is 34.6 Å². The van der Waals surface area contributed by atoms with E-state index in [9.17, 15) is 0 Å². The first-order chi connectivity index (χ1) is 13.8. The Labute approximate surface area is 169 Å². The van der Waals surface area contributed by atoms with Gasteiger partial charge in [0.2, 0.25) is 5.16 Å². The van der Waals surface area contributed by atoms with Gasteiger partial charge in [-0.25, -0.2) is 0 Å². The molecule has 0 unspecified atom stereocenters. The number of hydrogen-bond donors (Lipinski definition) is 0. The molecule has 0 radical (unpaired) electrons. The summed E-state index contributed by atoms with van der Waals surface area (Å²) in [7, 11) is 0. The third-order valence-electron chi connectivity index (χ3n) is 4.96. The summed E-state index contributed by atoms with van der Waals surface area (Å²) in [6.45, 7) is 2.92. The van der Waals surface area contributed by atoms with E-state index in [1.165, 1.54) is 0 Å². The number of tetrazole rings is 1. The molecule has 28 heavy (non-hydrogen) atoms. The topological polar surface area (TPSA) is 62.1 Å². The van der Waals surface area contributed by atoms with Crippen LogP contribution in [-0.4, -0.2) is 38.7 Å². The van der Waals surface area contributed by atoms with Crippen LogP contribution in [0.15, 0.2) is 65.8 Å². The molecule has 0 aliphatic carbocycles. The molecule has 1 aliphatic heterocycles. The fourth-order valence-corrected chi connectivity index (χ4v) is 4.25. The van der Waals surface area contributed by atoms with Crippen LogP contribution in [0.2, 0.25) is 0 Å². The van der Waals surface area contributed by atoms with Gasteiger partial charge >= 0.3 is 0 Å². The first kappa shape index (κ1) is 19.1. The normalized spacial score (nSPS) is 22.2. The van der Waals surface area contributed by atoms with Crippen LogP contribution in [0.1, 0.15) is 31.6 Å². The summed E-state index contributed by atoms with van der Waals surface area (Å²) in [6, 6.07) is 20.1. The van der Waals surface area contributed by atoms with Gasteiger partial charge in [0.25, 0.3) is 0 Å². The smallest absolute Gasteiger partial charge is 0.214 e. The second kappa shape index (κ2) is 9.32. The van der Waals surface area contributed by atoms with E-state index in [1.54, 1.807) is 16.4 Å². The van der Waals surface area contributed by atoms with Gasteiger partial charge in [-0.3, -0.25) is 0 Å². The summed E-state index contributed by atoms with van der Waals surface area (Å²) in [4.78, 5) is 0. The van der Waals surface area contributed by atoms with E-state index in [0.29, 0.717) is 5.92 Å². The molecule has 0 saturated carbocycles. The minimum absolute atomic E-state index is 0.164. The van der Waals surface area contributed by atoms with Gasteiger partial charge in [0.1, 0.15) is 0 Å². The van der Waals surface area contributed by atoms with E-state index in [1.807, 2.05) is 48.5 Å². The van der Waals surface area contributed by atoms with Crippen molar-refractivity contribution in [3.05, 3.63) is 66.2 Å². The monoisotopic (exact) mass is 396 g/mol. The summed E-state index contributed by atoms with van der Waals surface area (Å²) >= 11 is 1.66. The summed E-state index contributed by atoms with van der Waals surface area (Å²) in [6.07, 6.45) is 1.85. The molecule has 0 spiro atoms. The van der Waals surface area contributed by atoms with Gasteiger partial charge in [-0.15, -0.1) is 5.10 Å². The molecular formula is C21H24N4O2S. The summed E-state index contributed by atoms with van der Waals surface area (Å²) < 4.78 is 14.1. The number of nitrogens with zero attached hydrogens (tertiary/aromatic N) is 4. The Bertz CT molecular complexity index is 859. The van der Waals surface area contributed by atoms with E-state index >= 15 is 0 Å². The van der Waals surface area contributed by atoms with Crippen LogP contribution in [-0.2, 0) is 9.47 Å². The Morgan fingerprint density at radius 1 is 1.07 bits per heavy atom. The van der Waals surface area contributed by atoms with Crippen molar-refractivity contribution in [1.29, 1.82) is 0 Å². The van der Waals surface area contributed by atoms with Crippen molar-refractivity contribution in [3.63, 3.8) is 0 Å². The van der Waals surface area contributed by atoms with Crippen LogP contribution in [0.5, 0.6) is 0 Å². The highest BCUT2D eigenvalue weighted by Crippen LogP contribution is 2.33. The second-order valence-corrected chi connectivity index (χ2v) is 7.83. The van der Waals surface area contributed by atoms with Gasteiger partial charge < -0.3 is 9.47 Å². The first-order valence-corrected chi connectivity index (χ1v) is 10.6. The Balaban J connectivity index is 1.38. The lowest BCUT2D eigenvalue weighted by Gasteiger charge is -2.36. The summed E-state index contributed by atoms with van der Waals surface area (Å²) in [5, 5.41) is 12.9. The van der Waals surface area contributed by atoms with Crippen LogP contribution < -0.4 is 0 Å². The molecule has 1 aromatic heterocycles. The third kappa shape index (κ3) is 4.43. The van der Waals surface area contributed by atoms with Crippen molar-refractivity contribution in [2.24, 2.45) is 5.92 Å². The van der Waals surface area contributed by atoms with Crippen molar-refractivity contribution in [2.75, 3.05) is 12.4 Å². The van der Waals surface area contributed by atoms with Gasteiger partial charge in [-0.1, -0.05) is 67.2 Å². The van der Waals surface area contributed by atoms with Crippen molar-refractivity contribution >= 4 is 11.8 Å². The minimum Gasteiger partial charge on any atom is -0.348 e. The molecule has 7 heteroatoms. The quantitative estimate of drug-likeness (QED) is 0.555. The molecule has 1 saturated heterocycles. The van der Waals surface area contributed by atoms with Crippen molar-refractivity contribution < 1.29 is 9.47 Å². The first-order valence-electron chi connectivity index (χ1n) is 9.63. The SMILES string of the molecule is CC[C@@H]1CO[C@@H](c2ccccc2)O[C@H]1CCSc1nnnn1-c1ccccc1. The molecular weight excluding hydrogens is 372 g/mol. The maximum atomic E-state index is 6.32. The zero-order valence-electron chi connectivity index (χ0n) is 15.8.